The number of nitrogens with zero attached hydrogens (tertiary/aromatic N) is 1. The average molecular weight is 285 g/mol. The highest BCUT2D eigenvalue weighted by molar-refractivity contribution is 7.89. The molecule has 0 aliphatic heterocycles. The Hall–Kier alpha value is -1.14. The van der Waals surface area contributed by atoms with Crippen molar-refractivity contribution in [3.05, 3.63) is 18.3 Å². The van der Waals surface area contributed by atoms with Crippen molar-refractivity contribution in [2.45, 2.75) is 39.0 Å². The molecule has 0 aliphatic rings. The van der Waals surface area contributed by atoms with Crippen LogP contribution in [0.15, 0.2) is 23.2 Å². The van der Waals surface area contributed by atoms with Gasteiger partial charge in [-0.1, -0.05) is 27.7 Å². The highest BCUT2D eigenvalue weighted by Gasteiger charge is 2.18. The second-order valence-corrected chi connectivity index (χ2v) is 7.46. The summed E-state index contributed by atoms with van der Waals surface area (Å²) >= 11 is 0. The van der Waals surface area contributed by atoms with Crippen LogP contribution in [0.4, 0.5) is 5.82 Å². The molecule has 0 amide bonds. The highest BCUT2D eigenvalue weighted by atomic mass is 32.2. The van der Waals surface area contributed by atoms with E-state index in [0.29, 0.717) is 12.4 Å². The van der Waals surface area contributed by atoms with Crippen molar-refractivity contribution in [3.63, 3.8) is 0 Å². The number of sulfonamides is 1. The van der Waals surface area contributed by atoms with Crippen LogP contribution in [0.5, 0.6) is 0 Å². The van der Waals surface area contributed by atoms with Gasteiger partial charge in [0, 0.05) is 19.3 Å². The standard InChI is InChI=1S/C13H23N3O2S/c1-5-8-14-12-7-6-11(9-15-12)19(17,18)16-10-13(2,3)4/h6-7,9,16H,5,8,10H2,1-4H3,(H,14,15). The first kappa shape index (κ1) is 15.9. The van der Waals surface area contributed by atoms with Gasteiger partial charge in [0.25, 0.3) is 0 Å². The van der Waals surface area contributed by atoms with Crippen LogP contribution in [0.3, 0.4) is 0 Å². The summed E-state index contributed by atoms with van der Waals surface area (Å²) in [5.74, 6) is 0.691. The van der Waals surface area contributed by atoms with Gasteiger partial charge < -0.3 is 5.32 Å². The van der Waals surface area contributed by atoms with Crippen LogP contribution in [0, 0.1) is 5.41 Å². The summed E-state index contributed by atoms with van der Waals surface area (Å²) in [6, 6.07) is 3.25. The van der Waals surface area contributed by atoms with E-state index in [-0.39, 0.29) is 10.3 Å². The fourth-order valence-corrected chi connectivity index (χ4v) is 2.52. The summed E-state index contributed by atoms with van der Waals surface area (Å²) < 4.78 is 26.7. The summed E-state index contributed by atoms with van der Waals surface area (Å²) in [4.78, 5) is 4.29. The van der Waals surface area contributed by atoms with Crippen LogP contribution in [0.2, 0.25) is 0 Å². The highest BCUT2D eigenvalue weighted by Crippen LogP contribution is 2.14. The van der Waals surface area contributed by atoms with Gasteiger partial charge in [-0.25, -0.2) is 18.1 Å². The fraction of sp³-hybridized carbons (Fsp3) is 0.615. The molecule has 1 aromatic rings. The number of nitrogens with one attached hydrogen (secondary N) is 2. The lowest BCUT2D eigenvalue weighted by atomic mass is 9.98. The first-order chi connectivity index (χ1) is 8.74. The third-order valence-corrected chi connectivity index (χ3v) is 3.78. The molecule has 0 atom stereocenters. The summed E-state index contributed by atoms with van der Waals surface area (Å²) in [5, 5.41) is 3.10. The summed E-state index contributed by atoms with van der Waals surface area (Å²) in [6.07, 6.45) is 2.37. The van der Waals surface area contributed by atoms with Crippen molar-refractivity contribution in [2.75, 3.05) is 18.4 Å². The maximum Gasteiger partial charge on any atom is 0.242 e. The molecule has 0 saturated heterocycles. The van der Waals surface area contributed by atoms with Crippen molar-refractivity contribution in [2.24, 2.45) is 5.41 Å². The molecule has 0 saturated carbocycles. The molecule has 1 rings (SSSR count). The zero-order valence-electron chi connectivity index (χ0n) is 12.0. The van der Waals surface area contributed by atoms with Gasteiger partial charge in [-0.15, -0.1) is 0 Å². The first-order valence-corrected chi connectivity index (χ1v) is 7.92. The van der Waals surface area contributed by atoms with E-state index in [1.807, 2.05) is 20.8 Å². The maximum atomic E-state index is 12.0. The molecule has 6 heteroatoms. The molecule has 19 heavy (non-hydrogen) atoms. The molecule has 0 spiro atoms. The molecule has 108 valence electrons. The van der Waals surface area contributed by atoms with Gasteiger partial charge in [-0.2, -0.15) is 0 Å². The lowest BCUT2D eigenvalue weighted by Gasteiger charge is -2.18. The zero-order valence-corrected chi connectivity index (χ0v) is 12.8. The van der Waals surface area contributed by atoms with Gasteiger partial charge in [0.05, 0.1) is 0 Å². The quantitative estimate of drug-likeness (QED) is 0.841. The van der Waals surface area contributed by atoms with Gasteiger partial charge in [-0.05, 0) is 24.0 Å². The Morgan fingerprint density at radius 2 is 1.95 bits per heavy atom. The number of hydrogen-bond acceptors (Lipinski definition) is 4. The van der Waals surface area contributed by atoms with Crippen molar-refractivity contribution < 1.29 is 8.42 Å². The van der Waals surface area contributed by atoms with Crippen molar-refractivity contribution in [3.8, 4) is 0 Å². The SMILES string of the molecule is CCCNc1ccc(S(=O)(=O)NCC(C)(C)C)cn1. The predicted molar refractivity (Wildman–Crippen MR) is 77.7 cm³/mol. The van der Waals surface area contributed by atoms with Crippen molar-refractivity contribution >= 4 is 15.8 Å². The molecule has 1 aromatic heterocycles. The van der Waals surface area contributed by atoms with E-state index in [0.717, 1.165) is 13.0 Å². The molecule has 2 N–H and O–H groups in total. The second kappa shape index (κ2) is 6.34. The van der Waals surface area contributed by atoms with Crippen molar-refractivity contribution in [1.82, 2.24) is 9.71 Å². The molecule has 1 heterocycles. The van der Waals surface area contributed by atoms with Gasteiger partial charge >= 0.3 is 0 Å². The number of rotatable bonds is 6. The molecule has 0 unspecified atom stereocenters. The summed E-state index contributed by atoms with van der Waals surface area (Å²) in [6.45, 7) is 9.21. The monoisotopic (exact) mass is 285 g/mol. The summed E-state index contributed by atoms with van der Waals surface area (Å²) in [5.41, 5.74) is -0.0941. The van der Waals surface area contributed by atoms with Crippen LogP contribution in [-0.2, 0) is 10.0 Å². The minimum Gasteiger partial charge on any atom is -0.370 e. The van der Waals surface area contributed by atoms with Gasteiger partial charge in [0.1, 0.15) is 10.7 Å². The predicted octanol–water partition coefficient (Wildman–Crippen LogP) is 2.23. The summed E-state index contributed by atoms with van der Waals surface area (Å²) in [7, 11) is -3.47. The van der Waals surface area contributed by atoms with Crippen LogP contribution in [0.1, 0.15) is 34.1 Å². The molecular weight excluding hydrogens is 262 g/mol. The van der Waals surface area contributed by atoms with Crippen LogP contribution in [-0.4, -0.2) is 26.5 Å². The molecule has 5 nitrogen and oxygen atoms in total. The van der Waals surface area contributed by atoms with Gasteiger partial charge in [0.15, 0.2) is 0 Å². The molecule has 0 aliphatic carbocycles. The fourth-order valence-electron chi connectivity index (χ4n) is 1.29. The first-order valence-electron chi connectivity index (χ1n) is 6.44. The van der Waals surface area contributed by atoms with Gasteiger partial charge in [0.2, 0.25) is 10.0 Å². The molecule has 0 radical (unpaired) electrons. The van der Waals surface area contributed by atoms with E-state index >= 15 is 0 Å². The third-order valence-electron chi connectivity index (χ3n) is 2.40. The van der Waals surface area contributed by atoms with E-state index in [1.54, 1.807) is 12.1 Å². The van der Waals surface area contributed by atoms with E-state index < -0.39 is 10.0 Å². The Bertz CT molecular complexity index is 490. The largest absolute Gasteiger partial charge is 0.370 e. The van der Waals surface area contributed by atoms with Crippen LogP contribution < -0.4 is 10.0 Å². The Labute approximate surface area is 115 Å². The number of pyridine rings is 1. The topological polar surface area (TPSA) is 71.1 Å². The minimum atomic E-state index is -3.47. The Kier molecular flexibility index (Phi) is 5.31. The second-order valence-electron chi connectivity index (χ2n) is 5.69. The Morgan fingerprint density at radius 1 is 1.26 bits per heavy atom. The van der Waals surface area contributed by atoms with Crippen LogP contribution in [0.25, 0.3) is 0 Å². The number of aromatic nitrogens is 1. The molecular formula is C13H23N3O2S. The number of hydrogen-bond donors (Lipinski definition) is 2. The smallest absolute Gasteiger partial charge is 0.242 e. The van der Waals surface area contributed by atoms with Gasteiger partial charge in [-0.3, -0.25) is 0 Å². The lowest BCUT2D eigenvalue weighted by molar-refractivity contribution is 0.407. The minimum absolute atomic E-state index is 0.0941. The average Bonchev–Trinajstić information content (AvgIpc) is 2.34. The third kappa shape index (κ3) is 5.57. The Balaban J connectivity index is 2.73. The maximum absolute atomic E-state index is 12.0. The Morgan fingerprint density at radius 3 is 2.42 bits per heavy atom. The van der Waals surface area contributed by atoms with E-state index in [4.69, 9.17) is 0 Å². The van der Waals surface area contributed by atoms with E-state index in [9.17, 15) is 8.42 Å². The molecule has 0 aromatic carbocycles. The normalized spacial score (nSPS) is 12.4. The van der Waals surface area contributed by atoms with E-state index in [2.05, 4.69) is 21.9 Å². The van der Waals surface area contributed by atoms with E-state index in [1.165, 1.54) is 6.20 Å². The number of anilines is 1. The van der Waals surface area contributed by atoms with Crippen LogP contribution >= 0.6 is 0 Å². The molecule has 0 bridgehead atoms. The molecule has 0 fully saturated rings. The van der Waals surface area contributed by atoms with Crippen molar-refractivity contribution in [1.29, 1.82) is 0 Å². The zero-order chi connectivity index (χ0) is 14.5. The lowest BCUT2D eigenvalue weighted by Crippen LogP contribution is -2.32.